The molecule has 0 aromatic carbocycles. The first kappa shape index (κ1) is 13.5. The van der Waals surface area contributed by atoms with Crippen LogP contribution in [0, 0.1) is 5.41 Å². The van der Waals surface area contributed by atoms with E-state index < -0.39 is 0 Å². The normalized spacial score (nSPS) is 19.9. The lowest BCUT2D eigenvalue weighted by atomic mass is 9.89. The number of hydrogen-bond donors (Lipinski definition) is 2. The van der Waals surface area contributed by atoms with E-state index in [0.717, 1.165) is 32.7 Å². The molecule has 1 heterocycles. The van der Waals surface area contributed by atoms with Gasteiger partial charge in [0.15, 0.2) is 0 Å². The lowest BCUT2D eigenvalue weighted by Gasteiger charge is -2.38. The van der Waals surface area contributed by atoms with E-state index in [1.165, 1.54) is 0 Å². The molecular formula is C12H24N2O2. The summed E-state index contributed by atoms with van der Waals surface area (Å²) in [5.41, 5.74) is 0.285. The van der Waals surface area contributed by atoms with Crippen molar-refractivity contribution in [2.75, 3.05) is 26.3 Å². The molecule has 1 aliphatic rings. The third-order valence-corrected chi connectivity index (χ3v) is 3.00. The summed E-state index contributed by atoms with van der Waals surface area (Å²) in [6.07, 6.45) is 1.54. The van der Waals surface area contributed by atoms with Crippen LogP contribution in [-0.4, -0.2) is 38.3 Å². The topological polar surface area (TPSA) is 50.4 Å². The number of ether oxygens (including phenoxy) is 1. The summed E-state index contributed by atoms with van der Waals surface area (Å²) in [5.74, 6) is 0.136. The molecule has 0 aromatic heterocycles. The van der Waals surface area contributed by atoms with Crippen molar-refractivity contribution in [3.05, 3.63) is 0 Å². The number of rotatable bonds is 7. The van der Waals surface area contributed by atoms with Crippen LogP contribution in [0.4, 0.5) is 0 Å². The first-order chi connectivity index (χ1) is 7.56. The standard InChI is InChI=1S/C12H24N2O2/c1-4-10(2)14-11(15)5-6-13-7-12(3)8-16-9-12/h10,13H,4-9H2,1-3H3,(H,14,15). The molecule has 1 unspecified atom stereocenters. The molecule has 16 heavy (non-hydrogen) atoms. The quantitative estimate of drug-likeness (QED) is 0.637. The van der Waals surface area contributed by atoms with Gasteiger partial charge in [-0.15, -0.1) is 0 Å². The molecular weight excluding hydrogens is 204 g/mol. The van der Waals surface area contributed by atoms with E-state index in [-0.39, 0.29) is 17.4 Å². The number of carbonyl (C=O) groups is 1. The molecule has 1 fully saturated rings. The van der Waals surface area contributed by atoms with Gasteiger partial charge in [-0.1, -0.05) is 13.8 Å². The van der Waals surface area contributed by atoms with Gasteiger partial charge >= 0.3 is 0 Å². The molecule has 1 aliphatic heterocycles. The molecule has 0 bridgehead atoms. The second-order valence-corrected chi connectivity index (χ2v) is 5.11. The molecule has 1 rings (SSSR count). The van der Waals surface area contributed by atoms with Gasteiger partial charge in [-0.2, -0.15) is 0 Å². The Morgan fingerprint density at radius 2 is 2.19 bits per heavy atom. The number of amides is 1. The van der Waals surface area contributed by atoms with Crippen molar-refractivity contribution in [2.24, 2.45) is 5.41 Å². The van der Waals surface area contributed by atoms with Crippen molar-refractivity contribution >= 4 is 5.91 Å². The Balaban J connectivity index is 2.00. The van der Waals surface area contributed by atoms with Crippen LogP contribution >= 0.6 is 0 Å². The van der Waals surface area contributed by atoms with E-state index in [2.05, 4.69) is 24.5 Å². The van der Waals surface area contributed by atoms with Gasteiger partial charge in [-0.05, 0) is 13.3 Å². The van der Waals surface area contributed by atoms with Crippen molar-refractivity contribution in [1.82, 2.24) is 10.6 Å². The fraction of sp³-hybridized carbons (Fsp3) is 0.917. The van der Waals surface area contributed by atoms with Crippen LogP contribution in [0.5, 0.6) is 0 Å². The molecule has 4 nitrogen and oxygen atoms in total. The number of hydrogen-bond acceptors (Lipinski definition) is 3. The average Bonchev–Trinajstić information content (AvgIpc) is 2.21. The van der Waals surface area contributed by atoms with Gasteiger partial charge < -0.3 is 15.4 Å². The summed E-state index contributed by atoms with van der Waals surface area (Å²) < 4.78 is 5.16. The Morgan fingerprint density at radius 3 is 2.69 bits per heavy atom. The van der Waals surface area contributed by atoms with Gasteiger partial charge in [0.1, 0.15) is 0 Å². The van der Waals surface area contributed by atoms with Crippen LogP contribution in [0.3, 0.4) is 0 Å². The van der Waals surface area contributed by atoms with Gasteiger partial charge in [0.25, 0.3) is 0 Å². The second kappa shape index (κ2) is 6.21. The predicted molar refractivity (Wildman–Crippen MR) is 64.3 cm³/mol. The molecule has 0 spiro atoms. The summed E-state index contributed by atoms with van der Waals surface area (Å²) >= 11 is 0. The van der Waals surface area contributed by atoms with E-state index in [1.54, 1.807) is 0 Å². The zero-order chi connectivity index (χ0) is 12.0. The molecule has 4 heteroatoms. The van der Waals surface area contributed by atoms with E-state index in [1.807, 2.05) is 6.92 Å². The van der Waals surface area contributed by atoms with E-state index >= 15 is 0 Å². The maximum Gasteiger partial charge on any atom is 0.221 e. The molecule has 1 atom stereocenters. The molecule has 1 amide bonds. The molecule has 94 valence electrons. The van der Waals surface area contributed by atoms with Crippen LogP contribution in [0.15, 0.2) is 0 Å². The predicted octanol–water partition coefficient (Wildman–Crippen LogP) is 0.917. The maximum absolute atomic E-state index is 11.4. The first-order valence-electron chi connectivity index (χ1n) is 6.13. The lowest BCUT2D eigenvalue weighted by Crippen LogP contribution is -2.47. The van der Waals surface area contributed by atoms with Gasteiger partial charge in [-0.3, -0.25) is 4.79 Å². The molecule has 1 saturated heterocycles. The summed E-state index contributed by atoms with van der Waals surface area (Å²) in [5, 5.41) is 6.26. The highest BCUT2D eigenvalue weighted by Crippen LogP contribution is 2.24. The largest absolute Gasteiger partial charge is 0.380 e. The van der Waals surface area contributed by atoms with Crippen molar-refractivity contribution in [2.45, 2.75) is 39.7 Å². The Labute approximate surface area is 98.1 Å². The monoisotopic (exact) mass is 228 g/mol. The van der Waals surface area contributed by atoms with Crippen LogP contribution in [0.1, 0.15) is 33.6 Å². The minimum atomic E-state index is 0.136. The summed E-state index contributed by atoms with van der Waals surface area (Å²) in [7, 11) is 0. The highest BCUT2D eigenvalue weighted by molar-refractivity contribution is 5.76. The smallest absolute Gasteiger partial charge is 0.221 e. The minimum absolute atomic E-state index is 0.136. The van der Waals surface area contributed by atoms with Gasteiger partial charge in [0, 0.05) is 31.0 Å². The van der Waals surface area contributed by atoms with Crippen LogP contribution in [0.25, 0.3) is 0 Å². The van der Waals surface area contributed by atoms with Gasteiger partial charge in [-0.25, -0.2) is 0 Å². The highest BCUT2D eigenvalue weighted by atomic mass is 16.5. The van der Waals surface area contributed by atoms with Crippen molar-refractivity contribution < 1.29 is 9.53 Å². The Hall–Kier alpha value is -0.610. The molecule has 2 N–H and O–H groups in total. The van der Waals surface area contributed by atoms with Gasteiger partial charge in [0.05, 0.1) is 13.2 Å². The fourth-order valence-corrected chi connectivity index (χ4v) is 1.59. The van der Waals surface area contributed by atoms with E-state index in [9.17, 15) is 4.79 Å². The Morgan fingerprint density at radius 1 is 1.50 bits per heavy atom. The maximum atomic E-state index is 11.4. The molecule has 0 radical (unpaired) electrons. The van der Waals surface area contributed by atoms with Crippen LogP contribution < -0.4 is 10.6 Å². The molecule has 0 aromatic rings. The zero-order valence-corrected chi connectivity index (χ0v) is 10.6. The van der Waals surface area contributed by atoms with E-state index in [0.29, 0.717) is 6.42 Å². The number of carbonyl (C=O) groups excluding carboxylic acids is 1. The van der Waals surface area contributed by atoms with Crippen LogP contribution in [0.2, 0.25) is 0 Å². The van der Waals surface area contributed by atoms with Crippen molar-refractivity contribution in [3.8, 4) is 0 Å². The summed E-state index contributed by atoms with van der Waals surface area (Å²) in [4.78, 5) is 11.4. The highest BCUT2D eigenvalue weighted by Gasteiger charge is 2.32. The molecule has 0 aliphatic carbocycles. The second-order valence-electron chi connectivity index (χ2n) is 5.11. The summed E-state index contributed by atoms with van der Waals surface area (Å²) in [6, 6.07) is 0.282. The average molecular weight is 228 g/mol. The van der Waals surface area contributed by atoms with Crippen molar-refractivity contribution in [1.29, 1.82) is 0 Å². The Bertz CT molecular complexity index is 227. The Kier molecular flexibility index (Phi) is 5.22. The third-order valence-electron chi connectivity index (χ3n) is 3.00. The lowest BCUT2D eigenvalue weighted by molar-refractivity contribution is -0.121. The van der Waals surface area contributed by atoms with Gasteiger partial charge in [0.2, 0.25) is 5.91 Å². The van der Waals surface area contributed by atoms with Crippen LogP contribution in [-0.2, 0) is 9.53 Å². The number of nitrogens with one attached hydrogen (secondary N) is 2. The minimum Gasteiger partial charge on any atom is -0.380 e. The SMILES string of the molecule is CCC(C)NC(=O)CCNCC1(C)COC1. The third kappa shape index (κ3) is 4.49. The fourth-order valence-electron chi connectivity index (χ4n) is 1.59. The van der Waals surface area contributed by atoms with Crippen molar-refractivity contribution in [3.63, 3.8) is 0 Å². The molecule has 0 saturated carbocycles. The van der Waals surface area contributed by atoms with E-state index in [4.69, 9.17) is 4.74 Å². The first-order valence-corrected chi connectivity index (χ1v) is 6.13. The zero-order valence-electron chi connectivity index (χ0n) is 10.6. The summed E-state index contributed by atoms with van der Waals surface area (Å²) in [6.45, 7) is 9.64.